The van der Waals surface area contributed by atoms with Crippen LogP contribution in [0.15, 0.2) is 194 Å². The summed E-state index contributed by atoms with van der Waals surface area (Å²) in [5.41, 5.74) is 14.4. The number of nitrogens with zero attached hydrogens (tertiary/aromatic N) is 2. The number of hydrogen-bond acceptors (Lipinski definition) is 0. The van der Waals surface area contributed by atoms with Gasteiger partial charge < -0.3 is 9.13 Å². The minimum Gasteiger partial charge on any atom is -0.309 e. The topological polar surface area (TPSA) is 9.86 Å². The molecule has 0 aliphatic heterocycles. The van der Waals surface area contributed by atoms with Crippen molar-refractivity contribution in [1.82, 2.24) is 9.13 Å². The molecule has 0 saturated heterocycles. The van der Waals surface area contributed by atoms with Crippen molar-refractivity contribution in [3.63, 3.8) is 0 Å². The molecular weight excluding hydrogens is 605 g/mol. The number of hydrogen-bond donors (Lipinski definition) is 0. The van der Waals surface area contributed by atoms with Gasteiger partial charge in [-0.3, -0.25) is 0 Å². The van der Waals surface area contributed by atoms with E-state index in [9.17, 15) is 0 Å². The fraction of sp³-hybridized carbons (Fsp3) is 0. The first-order valence-electron chi connectivity index (χ1n) is 17.2. The van der Waals surface area contributed by atoms with Crippen molar-refractivity contribution in [3.05, 3.63) is 194 Å². The Morgan fingerprint density at radius 2 is 0.640 bits per heavy atom. The molecule has 2 heteroatoms. The second-order valence-corrected chi connectivity index (χ2v) is 13.0. The lowest BCUT2D eigenvalue weighted by Crippen LogP contribution is -1.93. The molecule has 0 aliphatic carbocycles. The summed E-state index contributed by atoms with van der Waals surface area (Å²) in [6.07, 6.45) is 0. The summed E-state index contributed by atoms with van der Waals surface area (Å²) >= 11 is 0. The first-order valence-corrected chi connectivity index (χ1v) is 17.2. The van der Waals surface area contributed by atoms with Gasteiger partial charge in [-0.2, -0.15) is 0 Å². The zero-order valence-electron chi connectivity index (χ0n) is 27.4. The predicted octanol–water partition coefficient (Wildman–Crippen LogP) is 12.9. The van der Waals surface area contributed by atoms with Crippen LogP contribution in [0.3, 0.4) is 0 Å². The zero-order valence-corrected chi connectivity index (χ0v) is 27.4. The number of benzene rings is 8. The zero-order chi connectivity index (χ0) is 33.0. The van der Waals surface area contributed by atoms with Crippen molar-refractivity contribution in [1.29, 1.82) is 0 Å². The van der Waals surface area contributed by atoms with E-state index in [4.69, 9.17) is 0 Å². The summed E-state index contributed by atoms with van der Waals surface area (Å²) in [5, 5.41) is 5.03. The molecule has 8 aromatic carbocycles. The molecule has 0 aliphatic rings. The maximum absolute atomic E-state index is 2.40. The number of aromatic nitrogens is 2. The average Bonchev–Trinajstić information content (AvgIpc) is 3.71. The Kier molecular flexibility index (Phi) is 6.53. The Balaban J connectivity index is 1.19. The molecule has 0 unspecified atom stereocenters. The summed E-state index contributed by atoms with van der Waals surface area (Å²) in [5.74, 6) is 0. The van der Waals surface area contributed by atoms with Crippen LogP contribution in [0.5, 0.6) is 0 Å². The lowest BCUT2D eigenvalue weighted by Gasteiger charge is -2.13. The van der Waals surface area contributed by atoms with Gasteiger partial charge in [0.15, 0.2) is 0 Å². The van der Waals surface area contributed by atoms with Gasteiger partial charge >= 0.3 is 0 Å². The van der Waals surface area contributed by atoms with Crippen LogP contribution in [0.2, 0.25) is 0 Å². The Labute approximate surface area is 290 Å². The Morgan fingerprint density at radius 3 is 1.26 bits per heavy atom. The highest BCUT2D eigenvalue weighted by Crippen LogP contribution is 2.39. The second-order valence-electron chi connectivity index (χ2n) is 13.0. The van der Waals surface area contributed by atoms with E-state index in [1.165, 1.54) is 82.7 Å². The van der Waals surface area contributed by atoms with Gasteiger partial charge in [0.2, 0.25) is 0 Å². The van der Waals surface area contributed by atoms with Gasteiger partial charge in [-0.15, -0.1) is 0 Å². The highest BCUT2D eigenvalue weighted by molar-refractivity contribution is 6.11. The SMILES string of the molecule is c1ccc(-c2cc(-c3ccc4c(c3)c3ccccc3n4-c3ccccc3)cc(-c3ccc4c5ccccc5n(-c5ccccc5)c4c3)c2)cc1. The quantitative estimate of drug-likeness (QED) is 0.178. The van der Waals surface area contributed by atoms with E-state index in [1.54, 1.807) is 0 Å². The number of para-hydroxylation sites is 4. The summed E-state index contributed by atoms with van der Waals surface area (Å²) in [7, 11) is 0. The van der Waals surface area contributed by atoms with E-state index in [2.05, 4.69) is 203 Å². The molecule has 50 heavy (non-hydrogen) atoms. The minimum atomic E-state index is 1.16. The van der Waals surface area contributed by atoms with E-state index >= 15 is 0 Å². The van der Waals surface area contributed by atoms with Crippen LogP contribution in [0, 0.1) is 0 Å². The third-order valence-corrected chi connectivity index (χ3v) is 10.1. The van der Waals surface area contributed by atoms with Crippen molar-refractivity contribution in [2.45, 2.75) is 0 Å². The second kappa shape index (κ2) is 11.5. The molecule has 2 nitrogen and oxygen atoms in total. The van der Waals surface area contributed by atoms with Gasteiger partial charge in [0.05, 0.1) is 22.1 Å². The van der Waals surface area contributed by atoms with E-state index < -0.39 is 0 Å². The van der Waals surface area contributed by atoms with Crippen LogP contribution in [-0.4, -0.2) is 9.13 Å². The highest BCUT2D eigenvalue weighted by atomic mass is 15.0. The van der Waals surface area contributed by atoms with Crippen molar-refractivity contribution >= 4 is 43.6 Å². The molecule has 2 aromatic heterocycles. The van der Waals surface area contributed by atoms with Gasteiger partial charge in [0, 0.05) is 32.9 Å². The van der Waals surface area contributed by atoms with Gasteiger partial charge in [-0.25, -0.2) is 0 Å². The van der Waals surface area contributed by atoms with Crippen LogP contribution in [0.4, 0.5) is 0 Å². The highest BCUT2D eigenvalue weighted by Gasteiger charge is 2.16. The lowest BCUT2D eigenvalue weighted by atomic mass is 9.92. The summed E-state index contributed by atoms with van der Waals surface area (Å²) < 4.78 is 4.77. The maximum atomic E-state index is 2.40. The van der Waals surface area contributed by atoms with Gasteiger partial charge in [-0.1, -0.05) is 121 Å². The smallest absolute Gasteiger partial charge is 0.0547 e. The largest absolute Gasteiger partial charge is 0.309 e. The molecular formula is C48H32N2. The lowest BCUT2D eigenvalue weighted by molar-refractivity contribution is 1.18. The predicted molar refractivity (Wildman–Crippen MR) is 211 cm³/mol. The molecule has 0 amide bonds. The summed E-state index contributed by atoms with van der Waals surface area (Å²) in [4.78, 5) is 0. The van der Waals surface area contributed by atoms with Crippen molar-refractivity contribution in [3.8, 4) is 44.8 Å². The van der Waals surface area contributed by atoms with Crippen LogP contribution in [0.25, 0.3) is 88.4 Å². The van der Waals surface area contributed by atoms with Gasteiger partial charge in [-0.05, 0) is 106 Å². The first-order chi connectivity index (χ1) is 24.8. The Hall–Kier alpha value is -6.64. The molecule has 234 valence electrons. The maximum Gasteiger partial charge on any atom is 0.0547 e. The normalized spacial score (nSPS) is 11.6. The van der Waals surface area contributed by atoms with Crippen LogP contribution in [0.1, 0.15) is 0 Å². The van der Waals surface area contributed by atoms with Crippen molar-refractivity contribution < 1.29 is 0 Å². The third kappa shape index (κ3) is 4.57. The van der Waals surface area contributed by atoms with Gasteiger partial charge in [0.1, 0.15) is 0 Å². The molecule has 10 aromatic rings. The van der Waals surface area contributed by atoms with Crippen molar-refractivity contribution in [2.24, 2.45) is 0 Å². The summed E-state index contributed by atoms with van der Waals surface area (Å²) in [6, 6.07) is 70.5. The fourth-order valence-electron chi connectivity index (χ4n) is 7.77. The average molecular weight is 637 g/mol. The van der Waals surface area contributed by atoms with Crippen LogP contribution >= 0.6 is 0 Å². The summed E-state index contributed by atoms with van der Waals surface area (Å²) in [6.45, 7) is 0. The molecule has 0 atom stereocenters. The van der Waals surface area contributed by atoms with E-state index in [0.29, 0.717) is 0 Å². The monoisotopic (exact) mass is 636 g/mol. The molecule has 10 rings (SSSR count). The molecule has 0 N–H and O–H groups in total. The molecule has 0 spiro atoms. The van der Waals surface area contributed by atoms with E-state index in [-0.39, 0.29) is 0 Å². The van der Waals surface area contributed by atoms with E-state index in [1.807, 2.05) is 0 Å². The number of rotatable bonds is 5. The minimum absolute atomic E-state index is 1.16. The van der Waals surface area contributed by atoms with Crippen LogP contribution < -0.4 is 0 Å². The van der Waals surface area contributed by atoms with E-state index in [0.717, 1.165) is 5.69 Å². The molecule has 0 radical (unpaired) electrons. The molecule has 0 bridgehead atoms. The molecule has 0 saturated carbocycles. The standard InChI is InChI=1S/C48H32N2/c1-4-14-33(15-5-1)36-28-37(34-25-27-47-44(31-34)42-21-11-13-23-46(42)49(47)39-16-6-2-7-17-39)30-38(29-36)35-24-26-43-41-20-10-12-22-45(41)50(48(43)32-35)40-18-8-3-9-19-40/h1-32H. The molecule has 2 heterocycles. The molecule has 0 fully saturated rings. The number of fused-ring (bicyclic) bond motifs is 6. The fourth-order valence-corrected chi connectivity index (χ4v) is 7.77. The van der Waals surface area contributed by atoms with Crippen molar-refractivity contribution in [2.75, 3.05) is 0 Å². The Bertz CT molecular complexity index is 2840. The Morgan fingerprint density at radius 1 is 0.220 bits per heavy atom. The van der Waals surface area contributed by atoms with Gasteiger partial charge in [0.25, 0.3) is 0 Å². The van der Waals surface area contributed by atoms with Crippen LogP contribution in [-0.2, 0) is 0 Å². The third-order valence-electron chi connectivity index (χ3n) is 10.1. The first kappa shape index (κ1) is 28.4.